The van der Waals surface area contributed by atoms with Crippen LogP contribution in [0.15, 0.2) is 23.4 Å². The minimum absolute atomic E-state index is 0.167. The molecule has 0 spiro atoms. The fraction of sp³-hybridized carbons (Fsp3) is 0.417. The molecule has 0 radical (unpaired) electrons. The van der Waals surface area contributed by atoms with E-state index in [1.54, 1.807) is 13.8 Å². The van der Waals surface area contributed by atoms with Crippen molar-refractivity contribution in [3.8, 4) is 0 Å². The van der Waals surface area contributed by atoms with Gasteiger partial charge in [0, 0.05) is 22.3 Å². The molecule has 0 unspecified atom stereocenters. The zero-order valence-electron chi connectivity index (χ0n) is 10.9. The zero-order valence-corrected chi connectivity index (χ0v) is 11.7. The molecule has 0 aliphatic carbocycles. The lowest BCUT2D eigenvalue weighted by molar-refractivity contribution is -0.120. The van der Waals surface area contributed by atoms with Crippen molar-refractivity contribution in [2.75, 3.05) is 11.4 Å². The van der Waals surface area contributed by atoms with Gasteiger partial charge < -0.3 is 15.8 Å². The number of halogens is 4. The Hall–Kier alpha value is -1.63. The summed E-state index contributed by atoms with van der Waals surface area (Å²) in [4.78, 5) is 1.10. The first kappa shape index (κ1) is 16.4. The number of rotatable bonds is 4. The fourth-order valence-corrected chi connectivity index (χ4v) is 1.92. The van der Waals surface area contributed by atoms with Crippen LogP contribution in [-0.4, -0.2) is 29.8 Å². The fourth-order valence-electron chi connectivity index (χ4n) is 1.75. The summed E-state index contributed by atoms with van der Waals surface area (Å²) in [7, 11) is 0. The highest BCUT2D eigenvalue weighted by Crippen LogP contribution is 2.29. The van der Waals surface area contributed by atoms with Crippen molar-refractivity contribution in [1.29, 1.82) is 0 Å². The highest BCUT2D eigenvalue weighted by atomic mass is 35.5. The molecule has 0 saturated heterocycles. The Kier molecular flexibility index (Phi) is 5.10. The van der Waals surface area contributed by atoms with Gasteiger partial charge >= 0.3 is 6.18 Å². The molecule has 0 atom stereocenters. The number of nitrogens with two attached hydrogens (primary N) is 1. The van der Waals surface area contributed by atoms with E-state index < -0.39 is 18.8 Å². The van der Waals surface area contributed by atoms with Crippen molar-refractivity contribution in [2.45, 2.75) is 26.1 Å². The molecule has 0 aliphatic heterocycles. The molecule has 0 heterocycles. The number of benzene rings is 1. The molecule has 112 valence electrons. The van der Waals surface area contributed by atoms with Gasteiger partial charge in [0.15, 0.2) is 5.84 Å². The summed E-state index contributed by atoms with van der Waals surface area (Å²) in [5.41, 5.74) is 5.85. The Morgan fingerprint density at radius 2 is 2.05 bits per heavy atom. The highest BCUT2D eigenvalue weighted by Gasteiger charge is 2.33. The van der Waals surface area contributed by atoms with Gasteiger partial charge in [-0.25, -0.2) is 0 Å². The Labute approximate surface area is 119 Å². The smallest absolute Gasteiger partial charge is 0.405 e. The summed E-state index contributed by atoms with van der Waals surface area (Å²) in [5, 5.41) is 11.8. The van der Waals surface area contributed by atoms with Crippen LogP contribution in [-0.2, 0) is 0 Å². The molecule has 20 heavy (non-hydrogen) atoms. The second-order valence-electron chi connectivity index (χ2n) is 4.48. The van der Waals surface area contributed by atoms with Gasteiger partial charge in [-0.2, -0.15) is 13.2 Å². The number of alkyl halides is 3. The van der Waals surface area contributed by atoms with Crippen LogP contribution in [0.25, 0.3) is 0 Å². The van der Waals surface area contributed by atoms with Crippen molar-refractivity contribution in [2.24, 2.45) is 10.9 Å². The molecule has 0 saturated carbocycles. The van der Waals surface area contributed by atoms with Crippen molar-refractivity contribution in [3.05, 3.63) is 28.8 Å². The minimum atomic E-state index is -4.38. The van der Waals surface area contributed by atoms with E-state index >= 15 is 0 Å². The van der Waals surface area contributed by atoms with Crippen LogP contribution in [0.1, 0.15) is 19.4 Å². The summed E-state index contributed by atoms with van der Waals surface area (Å²) in [6, 6.07) is 3.80. The van der Waals surface area contributed by atoms with Gasteiger partial charge in [0.2, 0.25) is 0 Å². The molecular formula is C12H15ClF3N3O. The maximum atomic E-state index is 12.7. The Bertz CT molecular complexity index is 503. The largest absolute Gasteiger partial charge is 0.409 e. The summed E-state index contributed by atoms with van der Waals surface area (Å²) < 4.78 is 38.0. The van der Waals surface area contributed by atoms with Crippen LogP contribution in [0.4, 0.5) is 18.9 Å². The van der Waals surface area contributed by atoms with Gasteiger partial charge in [0.05, 0.1) is 0 Å². The van der Waals surface area contributed by atoms with Crippen LogP contribution in [0.5, 0.6) is 0 Å². The van der Waals surface area contributed by atoms with Gasteiger partial charge in [0.1, 0.15) is 6.54 Å². The molecular weight excluding hydrogens is 295 g/mol. The summed E-state index contributed by atoms with van der Waals surface area (Å²) >= 11 is 5.83. The van der Waals surface area contributed by atoms with Gasteiger partial charge in [-0.05, 0) is 32.0 Å². The monoisotopic (exact) mass is 309 g/mol. The van der Waals surface area contributed by atoms with Crippen LogP contribution >= 0.6 is 11.6 Å². The Morgan fingerprint density at radius 1 is 1.45 bits per heavy atom. The molecule has 8 heteroatoms. The lowest BCUT2D eigenvalue weighted by atomic mass is 10.1. The standard InChI is InChI=1S/C12H15ClF3N3O/c1-7(2)19(6-12(14,15)16)10-5-8(13)3-4-9(10)11(17)18-20/h3-5,7,20H,6H2,1-2H3,(H2,17,18). The van der Waals surface area contributed by atoms with Gasteiger partial charge in [-0.3, -0.25) is 0 Å². The number of anilines is 1. The Balaban J connectivity index is 3.35. The van der Waals surface area contributed by atoms with E-state index in [4.69, 9.17) is 22.5 Å². The van der Waals surface area contributed by atoms with E-state index in [1.807, 2.05) is 0 Å². The predicted molar refractivity (Wildman–Crippen MR) is 72.5 cm³/mol. The highest BCUT2D eigenvalue weighted by molar-refractivity contribution is 6.31. The molecule has 4 nitrogen and oxygen atoms in total. The lowest BCUT2D eigenvalue weighted by Crippen LogP contribution is -2.40. The second kappa shape index (κ2) is 6.21. The maximum Gasteiger partial charge on any atom is 0.405 e. The normalized spacial score (nSPS) is 12.8. The Morgan fingerprint density at radius 3 is 2.50 bits per heavy atom. The molecule has 0 aromatic heterocycles. The van der Waals surface area contributed by atoms with Gasteiger partial charge in [-0.1, -0.05) is 16.8 Å². The van der Waals surface area contributed by atoms with Gasteiger partial charge in [0.25, 0.3) is 0 Å². The third-order valence-corrected chi connectivity index (χ3v) is 2.86. The molecule has 1 aromatic carbocycles. The summed E-state index contributed by atoms with van der Waals surface area (Å²) in [5.74, 6) is -0.274. The van der Waals surface area contributed by atoms with Crippen molar-refractivity contribution in [3.63, 3.8) is 0 Å². The molecule has 0 aliphatic rings. The third-order valence-electron chi connectivity index (χ3n) is 2.63. The average Bonchev–Trinajstić information content (AvgIpc) is 2.33. The molecule has 0 bridgehead atoms. The zero-order chi connectivity index (χ0) is 15.5. The number of amidine groups is 1. The number of nitrogens with zero attached hydrogens (tertiary/aromatic N) is 2. The first-order chi connectivity index (χ1) is 9.15. The van der Waals surface area contributed by atoms with E-state index in [-0.39, 0.29) is 22.1 Å². The number of hydrogen-bond acceptors (Lipinski definition) is 3. The molecule has 3 N–H and O–H groups in total. The van der Waals surface area contributed by atoms with E-state index in [2.05, 4.69) is 5.16 Å². The quantitative estimate of drug-likeness (QED) is 0.388. The number of oxime groups is 1. The molecule has 0 fully saturated rings. The average molecular weight is 310 g/mol. The van der Waals surface area contributed by atoms with E-state index in [9.17, 15) is 13.2 Å². The van der Waals surface area contributed by atoms with E-state index in [0.29, 0.717) is 0 Å². The summed E-state index contributed by atoms with van der Waals surface area (Å²) in [6.07, 6.45) is -4.38. The molecule has 0 amide bonds. The van der Waals surface area contributed by atoms with Crippen molar-refractivity contribution >= 4 is 23.1 Å². The van der Waals surface area contributed by atoms with Crippen LogP contribution in [0, 0.1) is 0 Å². The molecule has 1 rings (SSSR count). The SMILES string of the molecule is CC(C)N(CC(F)(F)F)c1cc(Cl)ccc1C(N)=NO. The molecule has 1 aromatic rings. The van der Waals surface area contributed by atoms with Gasteiger partial charge in [-0.15, -0.1) is 0 Å². The first-order valence-corrected chi connectivity index (χ1v) is 6.14. The van der Waals surface area contributed by atoms with E-state index in [1.165, 1.54) is 18.2 Å². The van der Waals surface area contributed by atoms with Crippen molar-refractivity contribution in [1.82, 2.24) is 0 Å². The van der Waals surface area contributed by atoms with Crippen molar-refractivity contribution < 1.29 is 18.4 Å². The topological polar surface area (TPSA) is 61.8 Å². The second-order valence-corrected chi connectivity index (χ2v) is 4.92. The summed E-state index contributed by atoms with van der Waals surface area (Å²) in [6.45, 7) is 2.07. The van der Waals surface area contributed by atoms with E-state index in [0.717, 1.165) is 4.90 Å². The van der Waals surface area contributed by atoms with Crippen LogP contribution < -0.4 is 10.6 Å². The first-order valence-electron chi connectivity index (χ1n) is 5.76. The van der Waals surface area contributed by atoms with Crippen LogP contribution in [0.3, 0.4) is 0 Å². The predicted octanol–water partition coefficient (Wildman–Crippen LogP) is 3.21. The minimum Gasteiger partial charge on any atom is -0.409 e. The third kappa shape index (κ3) is 4.19. The maximum absolute atomic E-state index is 12.7. The van der Waals surface area contributed by atoms with Crippen LogP contribution in [0.2, 0.25) is 5.02 Å². The number of hydrogen-bond donors (Lipinski definition) is 2. The lowest BCUT2D eigenvalue weighted by Gasteiger charge is -2.31.